The number of likely N-dealkylation sites (tertiary alicyclic amines) is 1. The van der Waals surface area contributed by atoms with E-state index in [9.17, 15) is 14.9 Å². The predicted octanol–water partition coefficient (Wildman–Crippen LogP) is 4.63. The van der Waals surface area contributed by atoms with Crippen LogP contribution in [0.1, 0.15) is 69.7 Å². The maximum absolute atomic E-state index is 13.3. The van der Waals surface area contributed by atoms with E-state index >= 15 is 0 Å². The zero-order chi connectivity index (χ0) is 20.1. The monoisotopic (exact) mass is 385 g/mol. The summed E-state index contributed by atoms with van der Waals surface area (Å²) >= 11 is 0. The number of amides is 1. The number of nitro benzene ring substituents is 1. The normalized spacial score (nSPS) is 29.0. The molecule has 152 valence electrons. The van der Waals surface area contributed by atoms with Gasteiger partial charge >= 0.3 is 0 Å². The minimum atomic E-state index is -0.340. The molecule has 1 amide bonds. The molecule has 6 heteroatoms. The lowest BCUT2D eigenvalue weighted by Gasteiger charge is -2.39. The summed E-state index contributed by atoms with van der Waals surface area (Å²) in [6.45, 7) is 9.27. The fourth-order valence-corrected chi connectivity index (χ4v) is 6.07. The van der Waals surface area contributed by atoms with Crippen LogP contribution in [-0.2, 0) is 0 Å². The Labute approximate surface area is 167 Å². The maximum atomic E-state index is 13.3. The number of carbonyl (C=O) groups is 1. The molecule has 3 aliphatic rings. The van der Waals surface area contributed by atoms with Gasteiger partial charge in [-0.2, -0.15) is 0 Å². The van der Waals surface area contributed by atoms with E-state index in [1.54, 1.807) is 12.1 Å². The van der Waals surface area contributed by atoms with Crippen LogP contribution in [0.25, 0.3) is 0 Å². The molecule has 1 aliphatic carbocycles. The van der Waals surface area contributed by atoms with Crippen LogP contribution in [0.15, 0.2) is 18.2 Å². The molecule has 1 aromatic rings. The molecular formula is C22H31N3O3. The molecule has 2 saturated heterocycles. The Balaban J connectivity index is 1.61. The largest absolute Gasteiger partial charge is 0.366 e. The van der Waals surface area contributed by atoms with Gasteiger partial charge in [-0.1, -0.05) is 20.8 Å². The molecule has 3 fully saturated rings. The highest BCUT2D eigenvalue weighted by Gasteiger charge is 2.51. The third-order valence-electron chi connectivity index (χ3n) is 6.79. The number of anilines is 1. The van der Waals surface area contributed by atoms with E-state index in [1.807, 2.05) is 4.90 Å². The zero-order valence-corrected chi connectivity index (χ0v) is 17.2. The molecular weight excluding hydrogens is 354 g/mol. The van der Waals surface area contributed by atoms with Gasteiger partial charge < -0.3 is 9.80 Å². The van der Waals surface area contributed by atoms with Gasteiger partial charge in [0.1, 0.15) is 5.69 Å². The average Bonchev–Trinajstić information content (AvgIpc) is 2.90. The molecule has 6 nitrogen and oxygen atoms in total. The summed E-state index contributed by atoms with van der Waals surface area (Å²) in [5.74, 6) is -0.0558. The number of nitro groups is 1. The first-order chi connectivity index (χ1) is 13.2. The van der Waals surface area contributed by atoms with Crippen LogP contribution in [0.5, 0.6) is 0 Å². The molecule has 2 aliphatic heterocycles. The van der Waals surface area contributed by atoms with Crippen molar-refractivity contribution >= 4 is 17.3 Å². The van der Waals surface area contributed by atoms with E-state index in [0.717, 1.165) is 51.7 Å². The first kappa shape index (κ1) is 19.2. The minimum Gasteiger partial charge on any atom is -0.366 e. The molecule has 0 spiro atoms. The topological polar surface area (TPSA) is 66.7 Å². The fraction of sp³-hybridized carbons (Fsp3) is 0.682. The van der Waals surface area contributed by atoms with Gasteiger partial charge in [0.15, 0.2) is 0 Å². The number of rotatable bonds is 3. The number of hydrogen-bond acceptors (Lipinski definition) is 4. The molecule has 0 aromatic heterocycles. The van der Waals surface area contributed by atoms with E-state index in [4.69, 9.17) is 0 Å². The highest BCUT2D eigenvalue weighted by molar-refractivity contribution is 5.96. The third-order valence-corrected chi connectivity index (χ3v) is 6.79. The van der Waals surface area contributed by atoms with E-state index in [1.165, 1.54) is 12.5 Å². The van der Waals surface area contributed by atoms with Gasteiger partial charge in [-0.05, 0) is 61.5 Å². The Hall–Kier alpha value is -2.11. The van der Waals surface area contributed by atoms with Crippen molar-refractivity contribution in [2.45, 2.75) is 65.3 Å². The van der Waals surface area contributed by atoms with Gasteiger partial charge in [0.25, 0.3) is 11.6 Å². The van der Waals surface area contributed by atoms with Crippen LogP contribution >= 0.6 is 0 Å². The van der Waals surface area contributed by atoms with Gasteiger partial charge in [-0.15, -0.1) is 0 Å². The molecule has 1 saturated carbocycles. The van der Waals surface area contributed by atoms with Crippen molar-refractivity contribution in [3.05, 3.63) is 33.9 Å². The van der Waals surface area contributed by atoms with Gasteiger partial charge in [0, 0.05) is 37.3 Å². The summed E-state index contributed by atoms with van der Waals surface area (Å²) in [5, 5.41) is 11.7. The Morgan fingerprint density at radius 3 is 2.54 bits per heavy atom. The standard InChI is InChI=1S/C22H31N3O3/c1-21(2)12-17-13-22(3,14-21)15-24(17)20(26)16-7-8-18(19(11-16)25(27)28)23-9-5-4-6-10-23/h7-8,11,17H,4-6,9-10,12-15H2,1-3H3/t17-,22+/m0/s1. The van der Waals surface area contributed by atoms with Crippen LogP contribution in [0, 0.1) is 20.9 Å². The van der Waals surface area contributed by atoms with Crippen LogP contribution in [-0.4, -0.2) is 41.4 Å². The van der Waals surface area contributed by atoms with E-state index in [-0.39, 0.29) is 33.4 Å². The van der Waals surface area contributed by atoms with Gasteiger partial charge in [0.2, 0.25) is 0 Å². The maximum Gasteiger partial charge on any atom is 0.293 e. The highest BCUT2D eigenvalue weighted by atomic mass is 16.6. The lowest BCUT2D eigenvalue weighted by atomic mass is 9.65. The predicted molar refractivity (Wildman–Crippen MR) is 110 cm³/mol. The molecule has 2 atom stereocenters. The fourth-order valence-electron chi connectivity index (χ4n) is 6.07. The summed E-state index contributed by atoms with van der Waals surface area (Å²) < 4.78 is 0. The number of carbonyl (C=O) groups excluding carboxylic acids is 1. The smallest absolute Gasteiger partial charge is 0.293 e. The number of nitrogens with zero attached hydrogens (tertiary/aromatic N) is 3. The van der Waals surface area contributed by atoms with Crippen LogP contribution in [0.3, 0.4) is 0 Å². The van der Waals surface area contributed by atoms with Crippen LogP contribution < -0.4 is 4.90 Å². The second-order valence-electron chi connectivity index (χ2n) is 10.2. The Bertz CT molecular complexity index is 800. The molecule has 2 bridgehead atoms. The minimum absolute atomic E-state index is 0.0558. The summed E-state index contributed by atoms with van der Waals surface area (Å²) in [6, 6.07) is 5.31. The first-order valence-electron chi connectivity index (χ1n) is 10.5. The van der Waals surface area contributed by atoms with Crippen molar-refractivity contribution < 1.29 is 9.72 Å². The Morgan fingerprint density at radius 2 is 1.86 bits per heavy atom. The molecule has 1 aromatic carbocycles. The number of hydrogen-bond donors (Lipinski definition) is 0. The Kier molecular flexibility index (Phi) is 4.63. The van der Waals surface area contributed by atoms with Gasteiger partial charge in [-0.25, -0.2) is 0 Å². The number of fused-ring (bicyclic) bond motifs is 2. The summed E-state index contributed by atoms with van der Waals surface area (Å²) in [4.78, 5) is 28.8. The lowest BCUT2D eigenvalue weighted by Crippen LogP contribution is -2.37. The molecule has 4 rings (SSSR count). The summed E-state index contributed by atoms with van der Waals surface area (Å²) in [7, 11) is 0. The third kappa shape index (κ3) is 3.49. The molecule has 0 N–H and O–H groups in total. The van der Waals surface area contributed by atoms with Crippen LogP contribution in [0.2, 0.25) is 0 Å². The second-order valence-corrected chi connectivity index (χ2v) is 10.2. The first-order valence-corrected chi connectivity index (χ1v) is 10.5. The van der Waals surface area contributed by atoms with E-state index in [2.05, 4.69) is 25.7 Å². The zero-order valence-electron chi connectivity index (χ0n) is 17.2. The average molecular weight is 386 g/mol. The van der Waals surface area contributed by atoms with E-state index < -0.39 is 0 Å². The van der Waals surface area contributed by atoms with Crippen molar-refractivity contribution in [1.29, 1.82) is 0 Å². The van der Waals surface area contributed by atoms with Crippen molar-refractivity contribution in [3.63, 3.8) is 0 Å². The molecule has 28 heavy (non-hydrogen) atoms. The van der Waals surface area contributed by atoms with Crippen molar-refractivity contribution in [2.75, 3.05) is 24.5 Å². The second kappa shape index (κ2) is 6.75. The molecule has 0 radical (unpaired) electrons. The molecule has 2 heterocycles. The highest BCUT2D eigenvalue weighted by Crippen LogP contribution is 2.52. The van der Waals surface area contributed by atoms with Crippen LogP contribution in [0.4, 0.5) is 11.4 Å². The van der Waals surface area contributed by atoms with Crippen molar-refractivity contribution in [3.8, 4) is 0 Å². The van der Waals surface area contributed by atoms with Gasteiger partial charge in [-0.3, -0.25) is 14.9 Å². The SMILES string of the molecule is CC1(C)C[C@H]2C[C@@](C)(CN2C(=O)c2ccc(N3CCCCC3)c([N+](=O)[O-])c2)C1. The van der Waals surface area contributed by atoms with E-state index in [0.29, 0.717) is 11.3 Å². The van der Waals surface area contributed by atoms with Gasteiger partial charge in [0.05, 0.1) is 4.92 Å². The molecule has 0 unspecified atom stereocenters. The summed E-state index contributed by atoms with van der Waals surface area (Å²) in [6.07, 6.45) is 6.45. The summed E-state index contributed by atoms with van der Waals surface area (Å²) in [5.41, 5.74) is 1.54. The van der Waals surface area contributed by atoms with Crippen molar-refractivity contribution in [1.82, 2.24) is 4.90 Å². The number of piperidine rings is 1. The number of benzene rings is 1. The Morgan fingerprint density at radius 1 is 1.14 bits per heavy atom. The quantitative estimate of drug-likeness (QED) is 0.562. The lowest BCUT2D eigenvalue weighted by molar-refractivity contribution is -0.384. The van der Waals surface area contributed by atoms with Crippen molar-refractivity contribution in [2.24, 2.45) is 10.8 Å².